The maximum absolute atomic E-state index is 13.0. The molecule has 0 aromatic carbocycles. The van der Waals surface area contributed by atoms with Crippen LogP contribution in [0.2, 0.25) is 0 Å². The van der Waals surface area contributed by atoms with E-state index in [1.807, 2.05) is 0 Å². The van der Waals surface area contributed by atoms with Crippen molar-refractivity contribution < 1.29 is 24.4 Å². The van der Waals surface area contributed by atoms with Crippen molar-refractivity contribution >= 4 is 5.82 Å². The van der Waals surface area contributed by atoms with E-state index >= 15 is 0 Å². The number of rotatable bonds is 3. The molecule has 1 aromatic rings. The summed E-state index contributed by atoms with van der Waals surface area (Å²) in [7, 11) is 0. The monoisotopic (exact) mass is 275 g/mol. The lowest BCUT2D eigenvalue weighted by Gasteiger charge is -2.26. The van der Waals surface area contributed by atoms with Crippen LogP contribution >= 0.6 is 0 Å². The molecular formula is C10H14FN3O5. The van der Waals surface area contributed by atoms with E-state index in [4.69, 9.17) is 15.6 Å². The van der Waals surface area contributed by atoms with Gasteiger partial charge < -0.3 is 25.8 Å². The molecule has 1 aliphatic rings. The molecule has 19 heavy (non-hydrogen) atoms. The molecule has 0 spiro atoms. The smallest absolute Gasteiger partial charge is 0.351 e. The van der Waals surface area contributed by atoms with Crippen molar-refractivity contribution in [1.82, 2.24) is 9.55 Å². The molecule has 1 saturated heterocycles. The number of halogens is 1. The van der Waals surface area contributed by atoms with Crippen LogP contribution in [0.15, 0.2) is 17.1 Å². The van der Waals surface area contributed by atoms with E-state index in [1.165, 1.54) is 12.3 Å². The fourth-order valence-electron chi connectivity index (χ4n) is 1.97. The van der Waals surface area contributed by atoms with Gasteiger partial charge in [-0.2, -0.15) is 4.98 Å². The predicted molar refractivity (Wildman–Crippen MR) is 60.8 cm³/mol. The van der Waals surface area contributed by atoms with E-state index < -0.39 is 43.0 Å². The van der Waals surface area contributed by atoms with Crippen LogP contribution in [0.5, 0.6) is 0 Å². The van der Waals surface area contributed by atoms with Gasteiger partial charge in [0.15, 0.2) is 11.8 Å². The lowest BCUT2D eigenvalue weighted by Crippen LogP contribution is -2.48. The van der Waals surface area contributed by atoms with E-state index in [9.17, 15) is 19.4 Å². The molecule has 8 nitrogen and oxygen atoms in total. The lowest BCUT2D eigenvalue weighted by atomic mass is 9.98. The number of anilines is 1. The number of nitrogens with two attached hydrogens (primary N) is 1. The van der Waals surface area contributed by atoms with E-state index in [0.29, 0.717) is 0 Å². The van der Waals surface area contributed by atoms with Crippen molar-refractivity contribution in [3.05, 3.63) is 22.7 Å². The van der Waals surface area contributed by atoms with Crippen LogP contribution in [0.25, 0.3) is 0 Å². The molecule has 0 radical (unpaired) electrons. The van der Waals surface area contributed by atoms with Gasteiger partial charge in [-0.25, -0.2) is 9.18 Å². The summed E-state index contributed by atoms with van der Waals surface area (Å²) < 4.78 is 19.0. The van der Waals surface area contributed by atoms with Crippen molar-refractivity contribution in [3.63, 3.8) is 0 Å². The summed E-state index contributed by atoms with van der Waals surface area (Å²) >= 11 is 0. The van der Waals surface area contributed by atoms with Gasteiger partial charge >= 0.3 is 5.69 Å². The maximum atomic E-state index is 13.0. The van der Waals surface area contributed by atoms with E-state index in [2.05, 4.69) is 4.98 Å². The number of nitrogen functional groups attached to an aromatic ring is 1. The number of hydrogen-bond acceptors (Lipinski definition) is 7. The van der Waals surface area contributed by atoms with Gasteiger partial charge in [0.2, 0.25) is 0 Å². The van der Waals surface area contributed by atoms with Crippen molar-refractivity contribution in [2.45, 2.75) is 24.0 Å². The zero-order valence-electron chi connectivity index (χ0n) is 9.81. The number of alkyl halides is 1. The molecule has 5 N–H and O–H groups in total. The second-order valence-corrected chi connectivity index (χ2v) is 4.34. The highest BCUT2D eigenvalue weighted by Crippen LogP contribution is 2.36. The molecule has 0 saturated carbocycles. The zero-order valence-corrected chi connectivity index (χ0v) is 9.81. The van der Waals surface area contributed by atoms with Gasteiger partial charge in [0.05, 0.1) is 6.61 Å². The van der Waals surface area contributed by atoms with Gasteiger partial charge in [0.25, 0.3) is 0 Å². The van der Waals surface area contributed by atoms with Crippen LogP contribution in [-0.2, 0) is 4.74 Å². The Morgan fingerprint density at radius 1 is 1.58 bits per heavy atom. The van der Waals surface area contributed by atoms with Gasteiger partial charge in [-0.15, -0.1) is 0 Å². The van der Waals surface area contributed by atoms with E-state index in [-0.39, 0.29) is 5.82 Å². The molecule has 2 rings (SSSR count). The van der Waals surface area contributed by atoms with E-state index in [1.54, 1.807) is 0 Å². The Hall–Kier alpha value is -1.55. The second kappa shape index (κ2) is 4.85. The summed E-state index contributed by atoms with van der Waals surface area (Å²) in [5.41, 5.74) is 2.55. The van der Waals surface area contributed by atoms with Gasteiger partial charge in [-0.3, -0.25) is 4.57 Å². The standard InChI is InChI=1S/C10H14FN3O5/c11-3-10(4-15)7(17)6(16)8(19-10)14-2-1-5(12)13-9(14)18/h1-2,6-8,15-17H,3-4H2,(H2,12,13,18)/t6?,7?,8?,10-/m1/s1. The molecule has 0 bridgehead atoms. The minimum absolute atomic E-state index is 0.0202. The molecular weight excluding hydrogens is 261 g/mol. The summed E-state index contributed by atoms with van der Waals surface area (Å²) in [6, 6.07) is 1.29. The normalized spacial score (nSPS) is 34.6. The molecule has 4 atom stereocenters. The Morgan fingerprint density at radius 2 is 2.26 bits per heavy atom. The number of aromatic nitrogens is 2. The third-order valence-electron chi connectivity index (χ3n) is 3.13. The van der Waals surface area contributed by atoms with Crippen molar-refractivity contribution in [2.24, 2.45) is 0 Å². The highest BCUT2D eigenvalue weighted by atomic mass is 19.1. The molecule has 1 aliphatic heterocycles. The predicted octanol–water partition coefficient (Wildman–Crippen LogP) is -2.22. The van der Waals surface area contributed by atoms with Crippen molar-refractivity contribution in [3.8, 4) is 0 Å². The third-order valence-corrected chi connectivity index (χ3v) is 3.13. The molecule has 0 amide bonds. The van der Waals surface area contributed by atoms with Gasteiger partial charge in [-0.05, 0) is 6.07 Å². The molecule has 3 unspecified atom stereocenters. The summed E-state index contributed by atoms with van der Waals surface area (Å²) in [5.74, 6) is -0.0202. The van der Waals surface area contributed by atoms with Gasteiger partial charge in [-0.1, -0.05) is 0 Å². The first-order chi connectivity index (χ1) is 8.95. The quantitative estimate of drug-likeness (QED) is 0.491. The highest BCUT2D eigenvalue weighted by molar-refractivity contribution is 5.23. The Labute approximate surface area is 106 Å². The first-order valence-corrected chi connectivity index (χ1v) is 5.50. The molecule has 1 aromatic heterocycles. The first kappa shape index (κ1) is 13.9. The molecule has 106 valence electrons. The number of nitrogens with zero attached hydrogens (tertiary/aromatic N) is 2. The minimum atomic E-state index is -1.95. The van der Waals surface area contributed by atoms with Crippen LogP contribution in [0.1, 0.15) is 6.23 Å². The molecule has 0 aliphatic carbocycles. The topological polar surface area (TPSA) is 131 Å². The van der Waals surface area contributed by atoms with Crippen LogP contribution in [0, 0.1) is 0 Å². The fraction of sp³-hybridized carbons (Fsp3) is 0.600. The summed E-state index contributed by atoms with van der Waals surface area (Å²) in [4.78, 5) is 15.0. The lowest BCUT2D eigenvalue weighted by molar-refractivity contribution is -0.138. The molecule has 1 fully saturated rings. The Kier molecular flexibility index (Phi) is 3.54. The van der Waals surface area contributed by atoms with Crippen LogP contribution < -0.4 is 11.4 Å². The SMILES string of the molecule is Nc1ccn(C2O[C@@](CO)(CF)C(O)C2O)c(=O)n1. The number of hydrogen-bond donors (Lipinski definition) is 4. The van der Waals surface area contributed by atoms with Crippen LogP contribution in [0.4, 0.5) is 10.2 Å². The van der Waals surface area contributed by atoms with Crippen molar-refractivity contribution in [1.29, 1.82) is 0 Å². The zero-order chi connectivity index (χ0) is 14.2. The average Bonchev–Trinajstić information content (AvgIpc) is 2.64. The number of aliphatic hydroxyl groups is 3. The average molecular weight is 275 g/mol. The Morgan fingerprint density at radius 3 is 2.74 bits per heavy atom. The molecule has 9 heteroatoms. The second-order valence-electron chi connectivity index (χ2n) is 4.34. The summed E-state index contributed by atoms with van der Waals surface area (Å²) in [6.07, 6.45) is -3.39. The van der Waals surface area contributed by atoms with E-state index in [0.717, 1.165) is 4.57 Å². The molecule has 2 heterocycles. The third kappa shape index (κ3) is 2.10. The Balaban J connectivity index is 2.39. The van der Waals surface area contributed by atoms with Gasteiger partial charge in [0, 0.05) is 6.20 Å². The van der Waals surface area contributed by atoms with Crippen LogP contribution in [-0.4, -0.2) is 56.0 Å². The largest absolute Gasteiger partial charge is 0.393 e. The minimum Gasteiger partial charge on any atom is -0.393 e. The highest BCUT2D eigenvalue weighted by Gasteiger charge is 2.55. The fourth-order valence-corrected chi connectivity index (χ4v) is 1.97. The Bertz CT molecular complexity index is 518. The van der Waals surface area contributed by atoms with Crippen molar-refractivity contribution in [2.75, 3.05) is 19.0 Å². The first-order valence-electron chi connectivity index (χ1n) is 5.50. The summed E-state index contributed by atoms with van der Waals surface area (Å²) in [6.45, 7) is -2.05. The number of ether oxygens (including phenoxy) is 1. The van der Waals surface area contributed by atoms with Gasteiger partial charge in [0.1, 0.15) is 24.7 Å². The number of aliphatic hydroxyl groups excluding tert-OH is 3. The maximum Gasteiger partial charge on any atom is 0.351 e. The van der Waals surface area contributed by atoms with Crippen LogP contribution in [0.3, 0.4) is 0 Å². The summed E-state index contributed by atoms with van der Waals surface area (Å²) in [5, 5.41) is 28.7.